The van der Waals surface area contributed by atoms with Crippen LogP contribution in [0.25, 0.3) is 0 Å². The van der Waals surface area contributed by atoms with Crippen LogP contribution in [0, 0.1) is 11.8 Å². The number of nitrogens with one attached hydrogen (secondary N) is 1. The van der Waals surface area contributed by atoms with Crippen LogP contribution in [-0.2, 0) is 14.3 Å². The number of carbonyl (C=O) groups excluding carboxylic acids is 2. The normalized spacial score (nSPS) is 42.8. The number of rotatable bonds is 4. The zero-order valence-corrected chi connectivity index (χ0v) is 12.7. The van der Waals surface area contributed by atoms with Gasteiger partial charge < -0.3 is 15.2 Å². The van der Waals surface area contributed by atoms with Crippen LogP contribution < -0.4 is 5.32 Å². The van der Waals surface area contributed by atoms with Crippen LogP contribution in [0.3, 0.4) is 0 Å². The summed E-state index contributed by atoms with van der Waals surface area (Å²) < 4.78 is 5.34. The molecule has 2 aliphatic heterocycles. The third-order valence-electron chi connectivity index (χ3n) is 5.25. The summed E-state index contributed by atoms with van der Waals surface area (Å²) in [7, 11) is 0. The van der Waals surface area contributed by atoms with Crippen molar-refractivity contribution in [3.05, 3.63) is 12.2 Å². The number of carbonyl (C=O) groups is 2. The van der Waals surface area contributed by atoms with Gasteiger partial charge in [0.1, 0.15) is 0 Å². The molecule has 0 aromatic carbocycles. The number of amides is 1. The first-order valence-electron chi connectivity index (χ1n) is 7.43. The summed E-state index contributed by atoms with van der Waals surface area (Å²) in [5.41, 5.74) is -2.34. The van der Waals surface area contributed by atoms with Crippen molar-refractivity contribution < 1.29 is 19.4 Å². The van der Waals surface area contributed by atoms with Gasteiger partial charge >= 0.3 is 5.97 Å². The molecule has 2 heterocycles. The van der Waals surface area contributed by atoms with Crippen LogP contribution in [0.4, 0.5) is 0 Å². The number of ether oxygens (including phenoxy) is 1. The minimum Gasteiger partial charge on any atom is -0.453 e. The molecule has 3 rings (SSSR count). The zero-order valence-electron chi connectivity index (χ0n) is 12.0. The van der Waals surface area contributed by atoms with Gasteiger partial charge in [0.2, 0.25) is 11.4 Å². The van der Waals surface area contributed by atoms with Gasteiger partial charge in [-0.3, -0.25) is 4.79 Å². The maximum absolute atomic E-state index is 12.2. The van der Waals surface area contributed by atoms with E-state index in [1.54, 1.807) is 6.92 Å². The number of hydrogen-bond acceptors (Lipinski definition) is 4. The summed E-state index contributed by atoms with van der Waals surface area (Å²) >= 11 is 5.76. The van der Waals surface area contributed by atoms with Crippen molar-refractivity contribution in [2.24, 2.45) is 11.8 Å². The first-order valence-corrected chi connectivity index (χ1v) is 7.97. The lowest BCUT2D eigenvalue weighted by molar-refractivity contribution is -0.238. The Hall–Kier alpha value is -1.07. The molecule has 0 aromatic rings. The maximum Gasteiger partial charge on any atom is 0.339 e. The SMILES string of the molecule is C[C@@]12OC(=O)C1(C(O)C1C=CCCC1)NC(=O)[C@@H]2CCCl. The molecule has 2 fully saturated rings. The molecule has 3 unspecified atom stereocenters. The van der Waals surface area contributed by atoms with Gasteiger partial charge in [-0.25, -0.2) is 4.79 Å². The average Bonchev–Trinajstić information content (AvgIpc) is 2.65. The molecule has 0 saturated carbocycles. The van der Waals surface area contributed by atoms with Crippen LogP contribution in [0.15, 0.2) is 12.2 Å². The highest BCUT2D eigenvalue weighted by Gasteiger charge is 2.79. The van der Waals surface area contributed by atoms with E-state index in [0.29, 0.717) is 12.3 Å². The van der Waals surface area contributed by atoms with Gasteiger partial charge in [-0.1, -0.05) is 12.2 Å². The molecule has 1 aliphatic carbocycles. The van der Waals surface area contributed by atoms with Crippen LogP contribution in [0.2, 0.25) is 0 Å². The third-order valence-corrected chi connectivity index (χ3v) is 5.47. The summed E-state index contributed by atoms with van der Waals surface area (Å²) in [6, 6.07) is 0. The molecule has 2 saturated heterocycles. The van der Waals surface area contributed by atoms with Gasteiger partial charge in [-0.05, 0) is 32.6 Å². The number of aliphatic hydroxyl groups is 1. The summed E-state index contributed by atoms with van der Waals surface area (Å²) in [6.45, 7) is 1.72. The maximum atomic E-state index is 12.2. The molecular weight excluding hydrogens is 294 g/mol. The molecular formula is C15H20ClNO4. The molecule has 5 nitrogen and oxygen atoms in total. The Morgan fingerprint density at radius 2 is 2.33 bits per heavy atom. The van der Waals surface area contributed by atoms with E-state index < -0.39 is 29.1 Å². The van der Waals surface area contributed by atoms with Crippen molar-refractivity contribution >= 4 is 23.5 Å². The molecule has 5 atom stereocenters. The molecule has 6 heteroatoms. The largest absolute Gasteiger partial charge is 0.453 e. The Bertz CT molecular complexity index is 508. The third kappa shape index (κ3) is 1.80. The van der Waals surface area contributed by atoms with Gasteiger partial charge in [-0.2, -0.15) is 0 Å². The first-order chi connectivity index (χ1) is 9.97. The zero-order chi connectivity index (χ0) is 15.3. The summed E-state index contributed by atoms with van der Waals surface area (Å²) in [6.07, 6.45) is 6.17. The van der Waals surface area contributed by atoms with Crippen molar-refractivity contribution in [2.75, 3.05) is 5.88 Å². The Morgan fingerprint density at radius 1 is 1.57 bits per heavy atom. The van der Waals surface area contributed by atoms with Crippen molar-refractivity contribution in [1.82, 2.24) is 5.32 Å². The lowest BCUT2D eigenvalue weighted by atomic mass is 9.64. The van der Waals surface area contributed by atoms with E-state index in [9.17, 15) is 14.7 Å². The number of hydrogen-bond donors (Lipinski definition) is 2. The molecule has 1 amide bonds. The van der Waals surface area contributed by atoms with E-state index in [0.717, 1.165) is 19.3 Å². The predicted octanol–water partition coefficient (Wildman–Crippen LogP) is 1.13. The van der Waals surface area contributed by atoms with Crippen molar-refractivity contribution in [3.63, 3.8) is 0 Å². The number of allylic oxidation sites excluding steroid dienone is 1. The van der Waals surface area contributed by atoms with Gasteiger partial charge in [0.25, 0.3) is 0 Å². The van der Waals surface area contributed by atoms with E-state index in [-0.39, 0.29) is 11.8 Å². The lowest BCUT2D eigenvalue weighted by Crippen LogP contribution is -2.80. The molecule has 21 heavy (non-hydrogen) atoms. The van der Waals surface area contributed by atoms with E-state index in [2.05, 4.69) is 5.32 Å². The summed E-state index contributed by atoms with van der Waals surface area (Å²) in [5, 5.41) is 13.5. The fourth-order valence-electron chi connectivity index (χ4n) is 3.99. The fourth-order valence-corrected chi connectivity index (χ4v) is 4.21. The lowest BCUT2D eigenvalue weighted by Gasteiger charge is -2.54. The molecule has 0 radical (unpaired) electrons. The smallest absolute Gasteiger partial charge is 0.339 e. The second-order valence-electron chi connectivity index (χ2n) is 6.29. The van der Waals surface area contributed by atoms with Gasteiger partial charge in [0.15, 0.2) is 5.60 Å². The minimum absolute atomic E-state index is 0.138. The molecule has 3 aliphatic rings. The summed E-state index contributed by atoms with van der Waals surface area (Å²) in [5.74, 6) is -1.14. The molecule has 0 aromatic heterocycles. The molecule has 0 spiro atoms. The highest BCUT2D eigenvalue weighted by molar-refractivity contribution is 6.18. The summed E-state index contributed by atoms with van der Waals surface area (Å²) in [4.78, 5) is 24.4. The van der Waals surface area contributed by atoms with Crippen molar-refractivity contribution in [2.45, 2.75) is 49.9 Å². The Balaban J connectivity index is 1.94. The van der Waals surface area contributed by atoms with Gasteiger partial charge in [-0.15, -0.1) is 11.6 Å². The van der Waals surface area contributed by atoms with E-state index in [4.69, 9.17) is 16.3 Å². The monoisotopic (exact) mass is 313 g/mol. The second kappa shape index (κ2) is 4.99. The topological polar surface area (TPSA) is 75.6 Å². The van der Waals surface area contributed by atoms with Crippen LogP contribution in [0.5, 0.6) is 0 Å². The molecule has 116 valence electrons. The highest BCUT2D eigenvalue weighted by atomic mass is 35.5. The van der Waals surface area contributed by atoms with Crippen LogP contribution in [-0.4, -0.2) is 40.1 Å². The predicted molar refractivity (Wildman–Crippen MR) is 76.7 cm³/mol. The Kier molecular flexibility index (Phi) is 3.53. The highest BCUT2D eigenvalue weighted by Crippen LogP contribution is 2.53. The number of esters is 1. The number of alkyl halides is 1. The number of aliphatic hydroxyl groups excluding tert-OH is 1. The Morgan fingerprint density at radius 3 is 2.90 bits per heavy atom. The van der Waals surface area contributed by atoms with Crippen molar-refractivity contribution in [1.29, 1.82) is 0 Å². The number of halogens is 1. The van der Waals surface area contributed by atoms with Crippen molar-refractivity contribution in [3.8, 4) is 0 Å². The average molecular weight is 314 g/mol. The minimum atomic E-state index is -1.33. The fraction of sp³-hybridized carbons (Fsp3) is 0.733. The van der Waals surface area contributed by atoms with Crippen LogP contribution in [0.1, 0.15) is 32.6 Å². The second-order valence-corrected chi connectivity index (χ2v) is 6.67. The number of fused-ring (bicyclic) bond motifs is 1. The standard InChI is InChI=1S/C15H20ClNO4/c1-14-10(7-8-16)12(19)17-15(14,13(20)21-14)11(18)9-5-3-2-4-6-9/h3,5,9-11,18H,2,4,6-8H2,1H3,(H,17,19)/t9?,10-,11?,14-,15?/m0/s1. The van der Waals surface area contributed by atoms with Gasteiger partial charge in [0.05, 0.1) is 12.0 Å². The quantitative estimate of drug-likeness (QED) is 0.463. The molecule has 0 bridgehead atoms. The van der Waals surface area contributed by atoms with E-state index in [1.807, 2.05) is 12.2 Å². The van der Waals surface area contributed by atoms with E-state index in [1.165, 1.54) is 0 Å². The van der Waals surface area contributed by atoms with Crippen LogP contribution >= 0.6 is 11.6 Å². The van der Waals surface area contributed by atoms with Gasteiger partial charge in [0, 0.05) is 11.8 Å². The Labute approximate surface area is 128 Å². The molecule has 2 N–H and O–H groups in total. The van der Waals surface area contributed by atoms with E-state index >= 15 is 0 Å². The first kappa shape index (κ1) is 14.9.